The third-order valence-corrected chi connectivity index (χ3v) is 3.87. The number of hydrogen-bond acceptors (Lipinski definition) is 3. The van der Waals surface area contributed by atoms with E-state index in [1.165, 1.54) is 32.2 Å². The minimum absolute atomic E-state index is 0.337. The number of likely N-dealkylation sites (tertiary alicyclic amines) is 2. The van der Waals surface area contributed by atoms with Crippen LogP contribution in [-0.2, 0) is 4.79 Å². The molecule has 1 N–H and O–H groups in total. The fraction of sp³-hybridized carbons (Fsp3) is 0.923. The molecule has 2 aliphatic heterocycles. The number of hydrogen-bond donors (Lipinski definition) is 1. The lowest BCUT2D eigenvalue weighted by Crippen LogP contribution is -2.39. The maximum atomic E-state index is 11.9. The standard InChI is InChI=1S/C13H25N3O/c1-15-10-6-12(11-15)14-7-5-13(17)16-8-3-2-4-9-16/h12,14H,2-11H2,1H3. The van der Waals surface area contributed by atoms with Gasteiger partial charge in [0.1, 0.15) is 0 Å². The van der Waals surface area contributed by atoms with E-state index in [1.54, 1.807) is 0 Å². The van der Waals surface area contributed by atoms with E-state index in [0.29, 0.717) is 18.4 Å². The molecule has 2 rings (SSSR count). The molecule has 4 heteroatoms. The van der Waals surface area contributed by atoms with Gasteiger partial charge in [-0.3, -0.25) is 4.79 Å². The minimum Gasteiger partial charge on any atom is -0.343 e. The first kappa shape index (κ1) is 12.8. The molecule has 2 heterocycles. The van der Waals surface area contributed by atoms with Crippen LogP contribution in [0.25, 0.3) is 0 Å². The first-order valence-corrected chi connectivity index (χ1v) is 6.95. The van der Waals surface area contributed by atoms with E-state index < -0.39 is 0 Å². The molecule has 17 heavy (non-hydrogen) atoms. The van der Waals surface area contributed by atoms with Crippen LogP contribution < -0.4 is 5.32 Å². The Labute approximate surface area is 104 Å². The molecule has 1 amide bonds. The van der Waals surface area contributed by atoms with Gasteiger partial charge in [-0.2, -0.15) is 0 Å². The second kappa shape index (κ2) is 6.36. The fourth-order valence-corrected chi connectivity index (χ4v) is 2.79. The van der Waals surface area contributed by atoms with Crippen molar-refractivity contribution in [1.82, 2.24) is 15.1 Å². The molecule has 4 nitrogen and oxygen atoms in total. The van der Waals surface area contributed by atoms with Gasteiger partial charge in [0.2, 0.25) is 5.91 Å². The van der Waals surface area contributed by atoms with Gasteiger partial charge in [0.05, 0.1) is 0 Å². The summed E-state index contributed by atoms with van der Waals surface area (Å²) in [7, 11) is 2.15. The summed E-state index contributed by atoms with van der Waals surface area (Å²) in [6.07, 6.45) is 5.55. The van der Waals surface area contributed by atoms with Gasteiger partial charge >= 0.3 is 0 Å². The molecule has 1 unspecified atom stereocenters. The van der Waals surface area contributed by atoms with Crippen LogP contribution >= 0.6 is 0 Å². The molecule has 98 valence electrons. The monoisotopic (exact) mass is 239 g/mol. The number of likely N-dealkylation sites (N-methyl/N-ethyl adjacent to an activating group) is 1. The predicted molar refractivity (Wildman–Crippen MR) is 69.0 cm³/mol. The molecule has 0 spiro atoms. The highest BCUT2D eigenvalue weighted by Gasteiger charge is 2.20. The lowest BCUT2D eigenvalue weighted by molar-refractivity contribution is -0.131. The quantitative estimate of drug-likeness (QED) is 0.784. The number of nitrogens with one attached hydrogen (secondary N) is 1. The van der Waals surface area contributed by atoms with Crippen molar-refractivity contribution in [2.45, 2.75) is 38.1 Å². The average molecular weight is 239 g/mol. The van der Waals surface area contributed by atoms with Crippen molar-refractivity contribution in [2.24, 2.45) is 0 Å². The molecule has 2 saturated heterocycles. The molecular formula is C13H25N3O. The molecule has 0 aromatic carbocycles. The number of piperidine rings is 1. The molecule has 2 aliphatic rings. The van der Waals surface area contributed by atoms with Crippen LogP contribution in [0.3, 0.4) is 0 Å². The lowest BCUT2D eigenvalue weighted by atomic mass is 10.1. The maximum absolute atomic E-state index is 11.9. The van der Waals surface area contributed by atoms with Crippen molar-refractivity contribution < 1.29 is 4.79 Å². The van der Waals surface area contributed by atoms with E-state index in [-0.39, 0.29) is 0 Å². The molecule has 0 bridgehead atoms. The Kier molecular flexibility index (Phi) is 4.80. The van der Waals surface area contributed by atoms with E-state index in [0.717, 1.165) is 26.2 Å². The predicted octanol–water partition coefficient (Wildman–Crippen LogP) is 0.683. The highest BCUT2D eigenvalue weighted by atomic mass is 16.2. The Morgan fingerprint density at radius 1 is 1.24 bits per heavy atom. The van der Waals surface area contributed by atoms with Crippen LogP contribution in [0, 0.1) is 0 Å². The number of nitrogens with zero attached hydrogens (tertiary/aromatic N) is 2. The Hall–Kier alpha value is -0.610. The largest absolute Gasteiger partial charge is 0.343 e. The fourth-order valence-electron chi connectivity index (χ4n) is 2.79. The maximum Gasteiger partial charge on any atom is 0.223 e. The highest BCUT2D eigenvalue weighted by molar-refractivity contribution is 5.76. The van der Waals surface area contributed by atoms with Crippen molar-refractivity contribution in [3.8, 4) is 0 Å². The number of rotatable bonds is 4. The number of carbonyl (C=O) groups is 1. The summed E-state index contributed by atoms with van der Waals surface area (Å²) >= 11 is 0. The van der Waals surface area contributed by atoms with Gasteiger partial charge in [-0.15, -0.1) is 0 Å². The molecule has 0 radical (unpaired) electrons. The molecular weight excluding hydrogens is 214 g/mol. The second-order valence-electron chi connectivity index (χ2n) is 5.39. The molecule has 0 aromatic heterocycles. The summed E-state index contributed by atoms with van der Waals surface area (Å²) in [5.41, 5.74) is 0. The van der Waals surface area contributed by atoms with Crippen molar-refractivity contribution in [3.63, 3.8) is 0 Å². The summed E-state index contributed by atoms with van der Waals surface area (Å²) in [6.45, 7) is 5.10. The molecule has 0 saturated carbocycles. The third kappa shape index (κ3) is 3.96. The summed E-state index contributed by atoms with van der Waals surface area (Å²) in [5, 5.41) is 3.49. The summed E-state index contributed by atoms with van der Waals surface area (Å²) in [4.78, 5) is 16.3. The minimum atomic E-state index is 0.337. The van der Waals surface area contributed by atoms with Crippen molar-refractivity contribution >= 4 is 5.91 Å². The molecule has 2 fully saturated rings. The average Bonchev–Trinajstić information content (AvgIpc) is 2.76. The zero-order chi connectivity index (χ0) is 12.1. The smallest absolute Gasteiger partial charge is 0.223 e. The number of amides is 1. The van der Waals surface area contributed by atoms with Crippen LogP contribution in [0.5, 0.6) is 0 Å². The lowest BCUT2D eigenvalue weighted by Gasteiger charge is -2.27. The summed E-state index contributed by atoms with van der Waals surface area (Å²) < 4.78 is 0. The van der Waals surface area contributed by atoms with Crippen molar-refractivity contribution in [1.29, 1.82) is 0 Å². The van der Waals surface area contributed by atoms with Gasteiger partial charge in [-0.25, -0.2) is 0 Å². The van der Waals surface area contributed by atoms with Crippen LogP contribution in [-0.4, -0.2) is 61.5 Å². The molecule has 0 aromatic rings. The van der Waals surface area contributed by atoms with Crippen molar-refractivity contribution in [3.05, 3.63) is 0 Å². The normalized spacial score (nSPS) is 26.4. The van der Waals surface area contributed by atoms with Crippen LogP contribution in [0.4, 0.5) is 0 Å². The topological polar surface area (TPSA) is 35.6 Å². The second-order valence-corrected chi connectivity index (χ2v) is 5.39. The summed E-state index contributed by atoms with van der Waals surface area (Å²) in [5.74, 6) is 0.337. The van der Waals surface area contributed by atoms with Crippen LogP contribution in [0.2, 0.25) is 0 Å². The van der Waals surface area contributed by atoms with E-state index in [1.807, 2.05) is 4.90 Å². The first-order chi connectivity index (χ1) is 8.25. The van der Waals surface area contributed by atoms with E-state index in [9.17, 15) is 4.79 Å². The Balaban J connectivity index is 1.59. The van der Waals surface area contributed by atoms with Crippen LogP contribution in [0.15, 0.2) is 0 Å². The molecule has 0 aliphatic carbocycles. The first-order valence-electron chi connectivity index (χ1n) is 6.95. The van der Waals surface area contributed by atoms with E-state index in [2.05, 4.69) is 17.3 Å². The Morgan fingerprint density at radius 2 is 2.00 bits per heavy atom. The van der Waals surface area contributed by atoms with E-state index >= 15 is 0 Å². The third-order valence-electron chi connectivity index (χ3n) is 3.87. The Morgan fingerprint density at radius 3 is 2.65 bits per heavy atom. The van der Waals surface area contributed by atoms with Crippen LogP contribution in [0.1, 0.15) is 32.1 Å². The van der Waals surface area contributed by atoms with Gasteiger partial charge in [0.15, 0.2) is 0 Å². The molecule has 1 atom stereocenters. The zero-order valence-corrected chi connectivity index (χ0v) is 11.0. The van der Waals surface area contributed by atoms with Gasteiger partial charge in [0, 0.05) is 38.6 Å². The zero-order valence-electron chi connectivity index (χ0n) is 11.0. The van der Waals surface area contributed by atoms with Gasteiger partial charge in [-0.1, -0.05) is 0 Å². The van der Waals surface area contributed by atoms with Gasteiger partial charge < -0.3 is 15.1 Å². The Bertz CT molecular complexity index is 251. The van der Waals surface area contributed by atoms with E-state index in [4.69, 9.17) is 0 Å². The summed E-state index contributed by atoms with van der Waals surface area (Å²) in [6, 6.07) is 0.592. The highest BCUT2D eigenvalue weighted by Crippen LogP contribution is 2.10. The number of carbonyl (C=O) groups excluding carboxylic acids is 1. The van der Waals surface area contributed by atoms with Crippen molar-refractivity contribution in [2.75, 3.05) is 39.8 Å². The van der Waals surface area contributed by atoms with Gasteiger partial charge in [0.25, 0.3) is 0 Å². The van der Waals surface area contributed by atoms with Gasteiger partial charge in [-0.05, 0) is 39.3 Å². The SMILES string of the molecule is CN1CCC(NCCC(=O)N2CCCCC2)C1.